The Morgan fingerprint density at radius 3 is 2.10 bits per heavy atom. The second-order valence-electron chi connectivity index (χ2n) is 4.04. The van der Waals surface area contributed by atoms with Crippen LogP contribution >= 0.6 is 0 Å². The van der Waals surface area contributed by atoms with Crippen molar-refractivity contribution in [3.8, 4) is 17.2 Å². The number of rotatable bonds is 8. The van der Waals surface area contributed by atoms with Crippen LogP contribution in [0.1, 0.15) is 23.2 Å². The number of esters is 1. The summed E-state index contributed by atoms with van der Waals surface area (Å²) in [6, 6.07) is 2.70. The van der Waals surface area contributed by atoms with Gasteiger partial charge in [0.05, 0.1) is 33.5 Å². The molecule has 0 bridgehead atoms. The van der Waals surface area contributed by atoms with Gasteiger partial charge < -0.3 is 24.1 Å². The minimum Gasteiger partial charge on any atom is -0.493 e. The summed E-state index contributed by atoms with van der Waals surface area (Å²) in [5, 5.41) is 9.01. The summed E-state index contributed by atoms with van der Waals surface area (Å²) in [5.41, 5.74) is 0.0330. The van der Waals surface area contributed by atoms with Crippen molar-refractivity contribution in [2.75, 3.05) is 27.9 Å². The molecule has 0 radical (unpaired) electrons. The number of hydrogen-bond acceptors (Lipinski definition) is 6. The van der Waals surface area contributed by atoms with Crippen LogP contribution in [-0.2, 0) is 9.53 Å². The van der Waals surface area contributed by atoms with E-state index in [1.165, 1.54) is 33.5 Å². The van der Waals surface area contributed by atoms with Crippen LogP contribution in [-0.4, -0.2) is 45.0 Å². The molecular weight excluding hydrogens is 280 g/mol. The zero-order valence-electron chi connectivity index (χ0n) is 12.2. The van der Waals surface area contributed by atoms with Crippen molar-refractivity contribution in [1.29, 1.82) is 0 Å². The van der Waals surface area contributed by atoms with E-state index in [4.69, 9.17) is 19.3 Å². The molecule has 0 saturated carbocycles. The molecule has 0 aliphatic heterocycles. The maximum Gasteiger partial charge on any atom is 0.335 e. The highest BCUT2D eigenvalue weighted by molar-refractivity contribution is 5.89. The first kappa shape index (κ1) is 16.6. The van der Waals surface area contributed by atoms with Crippen LogP contribution in [0, 0.1) is 0 Å². The molecule has 0 heterocycles. The van der Waals surface area contributed by atoms with Crippen molar-refractivity contribution in [3.05, 3.63) is 17.7 Å². The van der Waals surface area contributed by atoms with Gasteiger partial charge in [-0.1, -0.05) is 0 Å². The van der Waals surface area contributed by atoms with Gasteiger partial charge in [0.15, 0.2) is 11.5 Å². The number of aromatic carboxylic acids is 1. The summed E-state index contributed by atoms with van der Waals surface area (Å²) in [4.78, 5) is 22.0. The normalized spacial score (nSPS) is 9.86. The van der Waals surface area contributed by atoms with Crippen LogP contribution in [0.25, 0.3) is 0 Å². The molecule has 1 N–H and O–H groups in total. The van der Waals surface area contributed by atoms with Gasteiger partial charge in [-0.3, -0.25) is 4.79 Å². The number of carboxylic acid groups (broad SMARTS) is 1. The fourth-order valence-corrected chi connectivity index (χ4v) is 1.64. The van der Waals surface area contributed by atoms with Gasteiger partial charge in [0.2, 0.25) is 5.75 Å². The lowest BCUT2D eigenvalue weighted by atomic mass is 10.2. The van der Waals surface area contributed by atoms with E-state index in [0.717, 1.165) is 0 Å². The quantitative estimate of drug-likeness (QED) is 0.577. The van der Waals surface area contributed by atoms with Crippen LogP contribution in [0.2, 0.25) is 0 Å². The van der Waals surface area contributed by atoms with Crippen molar-refractivity contribution in [2.45, 2.75) is 12.8 Å². The standard InChI is InChI=1S/C14H18O7/c1-18-10-7-9(14(16)17)8-11(19-2)13(10)21-6-4-5-12(15)20-3/h7-8H,4-6H2,1-3H3,(H,16,17). The molecule has 1 aromatic rings. The van der Waals surface area contributed by atoms with Crippen LogP contribution in [0.15, 0.2) is 12.1 Å². The zero-order valence-corrected chi connectivity index (χ0v) is 12.2. The highest BCUT2D eigenvalue weighted by atomic mass is 16.5. The molecule has 7 nitrogen and oxygen atoms in total. The first-order valence-corrected chi connectivity index (χ1v) is 6.22. The highest BCUT2D eigenvalue weighted by Crippen LogP contribution is 2.38. The van der Waals surface area contributed by atoms with Crippen LogP contribution in [0.5, 0.6) is 17.2 Å². The molecule has 0 spiro atoms. The van der Waals surface area contributed by atoms with Crippen molar-refractivity contribution in [2.24, 2.45) is 0 Å². The number of carboxylic acids is 1. The molecule has 0 saturated heterocycles. The second-order valence-corrected chi connectivity index (χ2v) is 4.04. The average molecular weight is 298 g/mol. The molecule has 0 unspecified atom stereocenters. The molecule has 0 aliphatic rings. The van der Waals surface area contributed by atoms with Gasteiger partial charge in [-0.15, -0.1) is 0 Å². The molecule has 0 fully saturated rings. The second kappa shape index (κ2) is 7.98. The Labute approximate surface area is 122 Å². The molecule has 0 amide bonds. The predicted molar refractivity (Wildman–Crippen MR) is 73.3 cm³/mol. The summed E-state index contributed by atoms with van der Waals surface area (Å²) in [5.74, 6) is -0.605. The van der Waals surface area contributed by atoms with Gasteiger partial charge in [-0.25, -0.2) is 4.79 Å². The Hall–Kier alpha value is -2.44. The smallest absolute Gasteiger partial charge is 0.335 e. The number of hydrogen-bond donors (Lipinski definition) is 1. The lowest BCUT2D eigenvalue weighted by molar-refractivity contribution is -0.140. The zero-order chi connectivity index (χ0) is 15.8. The van der Waals surface area contributed by atoms with E-state index in [2.05, 4.69) is 4.74 Å². The number of carbonyl (C=O) groups excluding carboxylic acids is 1. The number of methoxy groups -OCH3 is 3. The maximum absolute atomic E-state index is 11.0. The fraction of sp³-hybridized carbons (Fsp3) is 0.429. The lowest BCUT2D eigenvalue weighted by Crippen LogP contribution is -2.07. The molecular formula is C14H18O7. The van der Waals surface area contributed by atoms with Crippen molar-refractivity contribution < 1.29 is 33.6 Å². The minimum atomic E-state index is -1.09. The van der Waals surface area contributed by atoms with Crippen molar-refractivity contribution in [3.63, 3.8) is 0 Å². The van der Waals surface area contributed by atoms with E-state index in [-0.39, 0.29) is 36.1 Å². The summed E-state index contributed by atoms with van der Waals surface area (Å²) >= 11 is 0. The maximum atomic E-state index is 11.0. The molecule has 0 atom stereocenters. The van der Waals surface area contributed by atoms with E-state index in [9.17, 15) is 9.59 Å². The van der Waals surface area contributed by atoms with Gasteiger partial charge in [0.1, 0.15) is 0 Å². The molecule has 7 heteroatoms. The molecule has 21 heavy (non-hydrogen) atoms. The SMILES string of the molecule is COC(=O)CCCOc1c(OC)cc(C(=O)O)cc1OC. The van der Waals surface area contributed by atoms with Crippen LogP contribution in [0.3, 0.4) is 0 Å². The van der Waals surface area contributed by atoms with Gasteiger partial charge in [-0.2, -0.15) is 0 Å². The third-order valence-corrected chi connectivity index (χ3v) is 2.71. The average Bonchev–Trinajstić information content (AvgIpc) is 2.50. The van der Waals surface area contributed by atoms with Crippen LogP contribution < -0.4 is 14.2 Å². The van der Waals surface area contributed by atoms with E-state index < -0.39 is 5.97 Å². The Kier molecular flexibility index (Phi) is 6.32. The van der Waals surface area contributed by atoms with Gasteiger partial charge in [0.25, 0.3) is 0 Å². The number of carbonyl (C=O) groups is 2. The van der Waals surface area contributed by atoms with Gasteiger partial charge in [0, 0.05) is 6.42 Å². The highest BCUT2D eigenvalue weighted by Gasteiger charge is 2.17. The summed E-state index contributed by atoms with van der Waals surface area (Å²) < 4.78 is 20.3. The summed E-state index contributed by atoms with van der Waals surface area (Å²) in [6.07, 6.45) is 0.688. The minimum absolute atomic E-state index is 0.0330. The van der Waals surface area contributed by atoms with E-state index in [1.807, 2.05) is 0 Å². The Balaban J connectivity index is 2.84. The molecule has 1 aromatic carbocycles. The third kappa shape index (κ3) is 4.55. The predicted octanol–water partition coefficient (Wildman–Crippen LogP) is 1.73. The van der Waals surface area contributed by atoms with Crippen molar-refractivity contribution >= 4 is 11.9 Å². The van der Waals surface area contributed by atoms with E-state index in [0.29, 0.717) is 12.2 Å². The third-order valence-electron chi connectivity index (χ3n) is 2.71. The molecule has 1 rings (SSSR count). The number of ether oxygens (including phenoxy) is 4. The Morgan fingerprint density at radius 1 is 1.10 bits per heavy atom. The largest absolute Gasteiger partial charge is 0.493 e. The Morgan fingerprint density at radius 2 is 1.67 bits per heavy atom. The van der Waals surface area contributed by atoms with Gasteiger partial charge in [-0.05, 0) is 18.6 Å². The van der Waals surface area contributed by atoms with E-state index in [1.54, 1.807) is 0 Å². The summed E-state index contributed by atoms with van der Waals surface area (Å²) in [6.45, 7) is 0.244. The molecule has 0 aromatic heterocycles. The van der Waals surface area contributed by atoms with Crippen LogP contribution in [0.4, 0.5) is 0 Å². The topological polar surface area (TPSA) is 91.3 Å². The summed E-state index contributed by atoms with van der Waals surface area (Å²) in [7, 11) is 4.13. The fourth-order valence-electron chi connectivity index (χ4n) is 1.64. The first-order chi connectivity index (χ1) is 10.0. The van der Waals surface area contributed by atoms with E-state index >= 15 is 0 Å². The Bertz CT molecular complexity index is 485. The monoisotopic (exact) mass is 298 g/mol. The number of benzene rings is 1. The van der Waals surface area contributed by atoms with Crippen molar-refractivity contribution in [1.82, 2.24) is 0 Å². The van der Waals surface area contributed by atoms with Gasteiger partial charge >= 0.3 is 11.9 Å². The first-order valence-electron chi connectivity index (χ1n) is 6.22. The molecule has 116 valence electrons. The lowest BCUT2D eigenvalue weighted by Gasteiger charge is -2.15. The molecule has 0 aliphatic carbocycles.